The van der Waals surface area contributed by atoms with E-state index < -0.39 is 0 Å². The summed E-state index contributed by atoms with van der Waals surface area (Å²) in [5.74, 6) is 0.473. The van der Waals surface area contributed by atoms with E-state index >= 15 is 0 Å². The van der Waals surface area contributed by atoms with Crippen molar-refractivity contribution in [1.82, 2.24) is 13.7 Å². The molecule has 2 aromatic heterocycles. The van der Waals surface area contributed by atoms with Gasteiger partial charge >= 0.3 is 0 Å². The number of hydrogen-bond donors (Lipinski definition) is 1. The Kier molecular flexibility index (Phi) is 2.04. The molecule has 0 bridgehead atoms. The predicted molar refractivity (Wildman–Crippen MR) is 65.1 cm³/mol. The maximum Gasteiger partial charge on any atom is 0.165 e. The Hall–Kier alpha value is -2.01. The minimum Gasteiger partial charge on any atom is -0.381 e. The molecule has 0 spiro atoms. The first-order chi connectivity index (χ1) is 7.86. The maximum absolute atomic E-state index is 5.78. The van der Waals surface area contributed by atoms with Crippen molar-refractivity contribution in [2.45, 2.75) is 0 Å². The molecule has 5 heteroatoms. The summed E-state index contributed by atoms with van der Waals surface area (Å²) in [5.41, 5.74) is 7.50. The number of aromatic nitrogens is 3. The molecule has 0 aliphatic heterocycles. The number of nitrogens with zero attached hydrogens (tertiary/aromatic N) is 3. The molecule has 1 aromatic carbocycles. The van der Waals surface area contributed by atoms with Crippen LogP contribution < -0.4 is 5.73 Å². The third kappa shape index (κ3) is 1.33. The lowest BCUT2D eigenvalue weighted by molar-refractivity contribution is 1.36. The first-order valence-corrected chi connectivity index (χ1v) is 5.50. The van der Waals surface area contributed by atoms with Crippen molar-refractivity contribution in [2.24, 2.45) is 0 Å². The molecule has 0 fully saturated rings. The summed E-state index contributed by atoms with van der Waals surface area (Å²) in [4.78, 5) is 4.13. The molecule has 0 atom stereocenters. The molecule has 0 aliphatic rings. The Labute approximate surface area is 96.1 Å². The third-order valence-electron chi connectivity index (χ3n) is 2.45. The van der Waals surface area contributed by atoms with Crippen molar-refractivity contribution >= 4 is 28.3 Å². The molecule has 3 aromatic rings. The fourth-order valence-electron chi connectivity index (χ4n) is 1.70. The van der Waals surface area contributed by atoms with Crippen LogP contribution in [0.2, 0.25) is 0 Å². The zero-order chi connectivity index (χ0) is 11.0. The second kappa shape index (κ2) is 3.53. The molecule has 3 rings (SSSR count). The summed E-state index contributed by atoms with van der Waals surface area (Å²) >= 11 is 1.12. The van der Waals surface area contributed by atoms with Crippen molar-refractivity contribution in [2.75, 3.05) is 5.73 Å². The molecule has 4 nitrogen and oxygen atoms in total. The monoisotopic (exact) mass is 228 g/mol. The molecule has 78 valence electrons. The molecular formula is C11H8N4S. The highest BCUT2D eigenvalue weighted by Crippen LogP contribution is 2.30. The molecule has 0 amide bonds. The van der Waals surface area contributed by atoms with Gasteiger partial charge in [0.2, 0.25) is 0 Å². The minimum atomic E-state index is 0.473. The van der Waals surface area contributed by atoms with Gasteiger partial charge in [-0.3, -0.25) is 4.98 Å². The summed E-state index contributed by atoms with van der Waals surface area (Å²) in [5, 5.41) is 2.17. The Bertz CT molecular complexity index is 642. The van der Waals surface area contributed by atoms with Crippen molar-refractivity contribution < 1.29 is 0 Å². The van der Waals surface area contributed by atoms with Crippen LogP contribution in [0.1, 0.15) is 0 Å². The molecule has 2 N–H and O–H groups in total. The van der Waals surface area contributed by atoms with Crippen LogP contribution in [-0.4, -0.2) is 13.7 Å². The highest BCUT2D eigenvalue weighted by molar-refractivity contribution is 6.99. The number of anilines is 1. The normalized spacial score (nSPS) is 10.8. The van der Waals surface area contributed by atoms with E-state index in [0.29, 0.717) is 5.82 Å². The van der Waals surface area contributed by atoms with Crippen molar-refractivity contribution in [3.63, 3.8) is 0 Å². The second-order valence-corrected chi connectivity index (χ2v) is 3.93. The summed E-state index contributed by atoms with van der Waals surface area (Å²) in [6.45, 7) is 0. The number of nitrogen functional groups attached to an aromatic ring is 1. The van der Waals surface area contributed by atoms with Crippen LogP contribution in [-0.2, 0) is 0 Å². The predicted octanol–water partition coefficient (Wildman–Crippen LogP) is 2.34. The number of fused-ring (bicyclic) bond motifs is 1. The Morgan fingerprint density at radius 1 is 1.12 bits per heavy atom. The van der Waals surface area contributed by atoms with Gasteiger partial charge in [0.1, 0.15) is 5.69 Å². The van der Waals surface area contributed by atoms with Crippen molar-refractivity contribution in [3.05, 3.63) is 36.7 Å². The van der Waals surface area contributed by atoms with E-state index in [4.69, 9.17) is 5.73 Å². The fourth-order valence-corrected chi connectivity index (χ4v) is 2.19. The molecule has 0 radical (unpaired) electrons. The molecule has 16 heavy (non-hydrogen) atoms. The topological polar surface area (TPSA) is 64.7 Å². The molecule has 0 unspecified atom stereocenters. The van der Waals surface area contributed by atoms with Crippen LogP contribution in [0.4, 0.5) is 5.82 Å². The van der Waals surface area contributed by atoms with Gasteiger partial charge in [0.25, 0.3) is 0 Å². The van der Waals surface area contributed by atoms with Gasteiger partial charge in [-0.2, -0.15) is 8.75 Å². The summed E-state index contributed by atoms with van der Waals surface area (Å²) in [7, 11) is 0. The van der Waals surface area contributed by atoms with Crippen molar-refractivity contribution in [3.8, 4) is 11.3 Å². The average Bonchev–Trinajstić information content (AvgIpc) is 2.75. The number of rotatable bonds is 1. The van der Waals surface area contributed by atoms with Gasteiger partial charge < -0.3 is 5.73 Å². The van der Waals surface area contributed by atoms with Crippen LogP contribution in [0.15, 0.2) is 36.7 Å². The molecular weight excluding hydrogens is 220 g/mol. The van der Waals surface area contributed by atoms with E-state index in [-0.39, 0.29) is 0 Å². The highest BCUT2D eigenvalue weighted by Gasteiger charge is 2.10. The summed E-state index contributed by atoms with van der Waals surface area (Å²) in [6.07, 6.45) is 3.60. The zero-order valence-corrected chi connectivity index (χ0v) is 9.11. The van der Waals surface area contributed by atoms with Gasteiger partial charge in [-0.1, -0.05) is 18.2 Å². The lowest BCUT2D eigenvalue weighted by atomic mass is 10.0. The van der Waals surface area contributed by atoms with Gasteiger partial charge in [0.15, 0.2) is 5.82 Å². The van der Waals surface area contributed by atoms with Crippen LogP contribution in [0, 0.1) is 0 Å². The van der Waals surface area contributed by atoms with Crippen LogP contribution in [0.3, 0.4) is 0 Å². The number of hydrogen-bond acceptors (Lipinski definition) is 5. The lowest BCUT2D eigenvalue weighted by Gasteiger charge is -2.03. The first-order valence-electron chi connectivity index (χ1n) is 4.77. The largest absolute Gasteiger partial charge is 0.381 e. The van der Waals surface area contributed by atoms with Gasteiger partial charge in [0, 0.05) is 23.3 Å². The number of pyridine rings is 1. The SMILES string of the molecule is Nc1nsnc1-c1cccc2ccncc12. The smallest absolute Gasteiger partial charge is 0.165 e. The minimum absolute atomic E-state index is 0.473. The van der Waals surface area contributed by atoms with Crippen molar-refractivity contribution in [1.29, 1.82) is 0 Å². The molecule has 0 saturated carbocycles. The van der Waals surface area contributed by atoms with Gasteiger partial charge in [-0.05, 0) is 11.5 Å². The van der Waals surface area contributed by atoms with E-state index in [9.17, 15) is 0 Å². The Morgan fingerprint density at radius 3 is 2.88 bits per heavy atom. The highest BCUT2D eigenvalue weighted by atomic mass is 32.1. The standard InChI is InChI=1S/C11H8N4S/c12-11-10(14-16-15-11)8-3-1-2-7-4-5-13-6-9(7)8/h1-6H,(H2,12,15). The zero-order valence-electron chi connectivity index (χ0n) is 8.29. The van der Waals surface area contributed by atoms with Gasteiger partial charge in [-0.15, -0.1) is 0 Å². The van der Waals surface area contributed by atoms with Gasteiger partial charge in [0.05, 0.1) is 11.7 Å². The van der Waals surface area contributed by atoms with Crippen LogP contribution in [0.5, 0.6) is 0 Å². The average molecular weight is 228 g/mol. The van der Waals surface area contributed by atoms with Gasteiger partial charge in [-0.25, -0.2) is 0 Å². The number of nitrogens with two attached hydrogens (primary N) is 1. The lowest BCUT2D eigenvalue weighted by Crippen LogP contribution is -1.89. The Balaban J connectivity index is 2.36. The molecule has 0 aliphatic carbocycles. The fraction of sp³-hybridized carbons (Fsp3) is 0. The van der Waals surface area contributed by atoms with Crippen LogP contribution >= 0.6 is 11.7 Å². The van der Waals surface area contributed by atoms with E-state index in [1.165, 1.54) is 0 Å². The van der Waals surface area contributed by atoms with E-state index in [1.54, 1.807) is 6.20 Å². The van der Waals surface area contributed by atoms with E-state index in [2.05, 4.69) is 13.7 Å². The molecule has 2 heterocycles. The van der Waals surface area contributed by atoms with Crippen LogP contribution in [0.25, 0.3) is 22.0 Å². The summed E-state index contributed by atoms with van der Waals surface area (Å²) in [6, 6.07) is 7.97. The third-order valence-corrected chi connectivity index (χ3v) is 3.00. The quantitative estimate of drug-likeness (QED) is 0.694. The molecule has 0 saturated heterocycles. The first kappa shape index (κ1) is 9.23. The maximum atomic E-state index is 5.78. The number of benzene rings is 1. The second-order valence-electron chi connectivity index (χ2n) is 3.40. The summed E-state index contributed by atoms with van der Waals surface area (Å²) < 4.78 is 8.20. The van der Waals surface area contributed by atoms with E-state index in [0.717, 1.165) is 33.8 Å². The Morgan fingerprint density at radius 2 is 2.06 bits per heavy atom. The van der Waals surface area contributed by atoms with E-state index in [1.807, 2.05) is 30.5 Å².